The van der Waals surface area contributed by atoms with Gasteiger partial charge in [0.2, 0.25) is 0 Å². The van der Waals surface area contributed by atoms with Crippen molar-refractivity contribution in [2.75, 3.05) is 6.61 Å². The van der Waals surface area contributed by atoms with Gasteiger partial charge in [0.1, 0.15) is 0 Å². The Hall–Kier alpha value is -1.65. The SMILES string of the molecule is O=C(NC(CCO)c1ccccc1)c1cc2c(s1)CCC2. The van der Waals surface area contributed by atoms with Gasteiger partial charge in [-0.25, -0.2) is 0 Å². The largest absolute Gasteiger partial charge is 0.396 e. The molecule has 110 valence electrons. The van der Waals surface area contributed by atoms with Gasteiger partial charge in [-0.2, -0.15) is 0 Å². The van der Waals surface area contributed by atoms with Gasteiger partial charge < -0.3 is 10.4 Å². The smallest absolute Gasteiger partial charge is 0.261 e. The highest BCUT2D eigenvalue weighted by Crippen LogP contribution is 2.31. The van der Waals surface area contributed by atoms with Gasteiger partial charge in [0.05, 0.1) is 10.9 Å². The Balaban J connectivity index is 1.74. The number of aryl methyl sites for hydroxylation is 2. The molecule has 4 heteroatoms. The molecule has 1 unspecified atom stereocenters. The highest BCUT2D eigenvalue weighted by atomic mass is 32.1. The van der Waals surface area contributed by atoms with Crippen LogP contribution >= 0.6 is 11.3 Å². The van der Waals surface area contributed by atoms with Crippen LogP contribution in [0.15, 0.2) is 36.4 Å². The van der Waals surface area contributed by atoms with Gasteiger partial charge in [-0.05, 0) is 42.9 Å². The molecule has 0 saturated heterocycles. The lowest BCUT2D eigenvalue weighted by atomic mass is 10.0. The van der Waals surface area contributed by atoms with E-state index in [-0.39, 0.29) is 18.6 Å². The number of rotatable bonds is 5. The minimum atomic E-state index is -0.138. The van der Waals surface area contributed by atoms with Gasteiger partial charge in [0.15, 0.2) is 0 Å². The standard InChI is InChI=1S/C17H19NO2S/c19-10-9-14(12-5-2-1-3-6-12)18-17(20)16-11-13-7-4-8-15(13)21-16/h1-3,5-6,11,14,19H,4,7-10H2,(H,18,20). The fourth-order valence-electron chi connectivity index (χ4n) is 2.81. The van der Waals surface area contributed by atoms with Crippen molar-refractivity contribution in [3.8, 4) is 0 Å². The number of benzene rings is 1. The first kappa shape index (κ1) is 14.3. The van der Waals surface area contributed by atoms with Crippen molar-refractivity contribution in [3.63, 3.8) is 0 Å². The first-order chi connectivity index (χ1) is 10.3. The zero-order valence-electron chi connectivity index (χ0n) is 11.8. The zero-order chi connectivity index (χ0) is 14.7. The van der Waals surface area contributed by atoms with Crippen LogP contribution in [0.1, 0.15) is 44.6 Å². The molecule has 3 nitrogen and oxygen atoms in total. The number of hydrogen-bond acceptors (Lipinski definition) is 3. The molecule has 0 radical (unpaired) electrons. The Bertz CT molecular complexity index is 599. The van der Waals surface area contributed by atoms with Gasteiger partial charge in [-0.1, -0.05) is 30.3 Å². The maximum Gasteiger partial charge on any atom is 0.261 e. The summed E-state index contributed by atoms with van der Waals surface area (Å²) in [7, 11) is 0. The Kier molecular flexibility index (Phi) is 4.36. The number of carbonyl (C=O) groups excluding carboxylic acids is 1. The molecule has 1 aliphatic carbocycles. The molecule has 21 heavy (non-hydrogen) atoms. The van der Waals surface area contributed by atoms with Crippen LogP contribution in [0.4, 0.5) is 0 Å². The van der Waals surface area contributed by atoms with E-state index in [4.69, 9.17) is 0 Å². The number of nitrogens with one attached hydrogen (secondary N) is 1. The molecule has 1 amide bonds. The lowest BCUT2D eigenvalue weighted by molar-refractivity contribution is 0.0934. The van der Waals surface area contributed by atoms with Gasteiger partial charge in [0.25, 0.3) is 5.91 Å². The molecule has 1 heterocycles. The normalized spacial score (nSPS) is 14.7. The number of aliphatic hydroxyl groups excluding tert-OH is 1. The number of amides is 1. The molecule has 1 aliphatic rings. The average molecular weight is 301 g/mol. The van der Waals surface area contributed by atoms with E-state index in [2.05, 4.69) is 5.32 Å². The van der Waals surface area contributed by atoms with Crippen LogP contribution in [0.2, 0.25) is 0 Å². The first-order valence-corrected chi connectivity index (χ1v) is 8.18. The molecule has 0 aliphatic heterocycles. The quantitative estimate of drug-likeness (QED) is 0.891. The van der Waals surface area contributed by atoms with Crippen molar-refractivity contribution < 1.29 is 9.90 Å². The van der Waals surface area contributed by atoms with Gasteiger partial charge in [-0.15, -0.1) is 11.3 Å². The van der Waals surface area contributed by atoms with Gasteiger partial charge in [-0.3, -0.25) is 4.79 Å². The third-order valence-corrected chi connectivity index (χ3v) is 5.13. The molecule has 2 N–H and O–H groups in total. The first-order valence-electron chi connectivity index (χ1n) is 7.36. The molecule has 0 fully saturated rings. The molecule has 1 atom stereocenters. The predicted octanol–water partition coefficient (Wildman–Crippen LogP) is 3.09. The van der Waals surface area contributed by atoms with E-state index >= 15 is 0 Å². The summed E-state index contributed by atoms with van der Waals surface area (Å²) in [5.41, 5.74) is 2.37. The Morgan fingerprint density at radius 3 is 2.81 bits per heavy atom. The molecule has 2 aromatic rings. The summed E-state index contributed by atoms with van der Waals surface area (Å²) in [5.74, 6) is -0.0308. The second-order valence-corrected chi connectivity index (χ2v) is 6.50. The lowest BCUT2D eigenvalue weighted by Crippen LogP contribution is -2.28. The number of fused-ring (bicyclic) bond motifs is 1. The predicted molar refractivity (Wildman–Crippen MR) is 84.7 cm³/mol. The van der Waals surface area contributed by atoms with Crippen molar-refractivity contribution in [2.24, 2.45) is 0 Å². The van der Waals surface area contributed by atoms with E-state index in [1.54, 1.807) is 11.3 Å². The summed E-state index contributed by atoms with van der Waals surface area (Å²) in [5, 5.41) is 12.3. The lowest BCUT2D eigenvalue weighted by Gasteiger charge is -2.17. The second kappa shape index (κ2) is 6.41. The van der Waals surface area contributed by atoms with E-state index in [1.807, 2.05) is 36.4 Å². The van der Waals surface area contributed by atoms with E-state index in [1.165, 1.54) is 16.9 Å². The van der Waals surface area contributed by atoms with Crippen molar-refractivity contribution >= 4 is 17.2 Å². The number of aliphatic hydroxyl groups is 1. The van der Waals surface area contributed by atoms with E-state index in [9.17, 15) is 9.90 Å². The Morgan fingerprint density at radius 2 is 2.10 bits per heavy atom. The minimum Gasteiger partial charge on any atom is -0.396 e. The molecular weight excluding hydrogens is 282 g/mol. The fraction of sp³-hybridized carbons (Fsp3) is 0.353. The fourth-order valence-corrected chi connectivity index (χ4v) is 3.96. The maximum atomic E-state index is 12.4. The van der Waals surface area contributed by atoms with Crippen LogP contribution < -0.4 is 5.32 Å². The van der Waals surface area contributed by atoms with Crippen molar-refractivity contribution in [3.05, 3.63) is 57.3 Å². The number of carbonyl (C=O) groups is 1. The summed E-state index contributed by atoms with van der Waals surface area (Å²) in [6, 6.07) is 11.7. The Morgan fingerprint density at radius 1 is 1.29 bits per heavy atom. The van der Waals surface area contributed by atoms with Crippen LogP contribution in [0.25, 0.3) is 0 Å². The van der Waals surface area contributed by atoms with Crippen LogP contribution in [0.5, 0.6) is 0 Å². The van der Waals surface area contributed by atoms with E-state index < -0.39 is 0 Å². The summed E-state index contributed by atoms with van der Waals surface area (Å²) in [6.45, 7) is 0.0563. The average Bonchev–Trinajstić information content (AvgIpc) is 3.09. The van der Waals surface area contributed by atoms with E-state index in [0.717, 1.165) is 23.3 Å². The summed E-state index contributed by atoms with van der Waals surface area (Å²) in [6.07, 6.45) is 3.94. The molecule has 0 spiro atoms. The number of hydrogen-bond donors (Lipinski definition) is 2. The summed E-state index contributed by atoms with van der Waals surface area (Å²) in [4.78, 5) is 14.6. The van der Waals surface area contributed by atoms with Crippen LogP contribution in [0, 0.1) is 0 Å². The molecule has 1 aromatic heterocycles. The third kappa shape index (κ3) is 3.17. The molecule has 0 saturated carbocycles. The molecule has 0 bridgehead atoms. The van der Waals surface area contributed by atoms with Gasteiger partial charge >= 0.3 is 0 Å². The van der Waals surface area contributed by atoms with Crippen molar-refractivity contribution in [1.29, 1.82) is 0 Å². The van der Waals surface area contributed by atoms with E-state index in [0.29, 0.717) is 6.42 Å². The zero-order valence-corrected chi connectivity index (χ0v) is 12.7. The molecule has 3 rings (SSSR count). The van der Waals surface area contributed by atoms with Crippen LogP contribution in [0.3, 0.4) is 0 Å². The highest BCUT2D eigenvalue weighted by molar-refractivity contribution is 7.14. The summed E-state index contributed by atoms with van der Waals surface area (Å²) >= 11 is 1.61. The maximum absolute atomic E-state index is 12.4. The van der Waals surface area contributed by atoms with Gasteiger partial charge in [0, 0.05) is 11.5 Å². The molecular formula is C17H19NO2S. The minimum absolute atomic E-state index is 0.0308. The topological polar surface area (TPSA) is 49.3 Å². The second-order valence-electron chi connectivity index (χ2n) is 5.36. The number of thiophene rings is 1. The molecule has 1 aromatic carbocycles. The Labute approximate surface area is 128 Å². The summed E-state index contributed by atoms with van der Waals surface area (Å²) < 4.78 is 0. The van der Waals surface area contributed by atoms with Crippen molar-refractivity contribution in [2.45, 2.75) is 31.7 Å². The van der Waals surface area contributed by atoms with Crippen molar-refractivity contribution in [1.82, 2.24) is 5.32 Å². The monoisotopic (exact) mass is 301 g/mol. The third-order valence-electron chi connectivity index (χ3n) is 3.90. The van der Waals surface area contributed by atoms with Crippen LogP contribution in [-0.4, -0.2) is 17.6 Å². The highest BCUT2D eigenvalue weighted by Gasteiger charge is 2.20. The van der Waals surface area contributed by atoms with Crippen LogP contribution in [-0.2, 0) is 12.8 Å².